The molecule has 1 aromatic rings. The second-order valence-electron chi connectivity index (χ2n) is 6.71. The van der Waals surface area contributed by atoms with Crippen molar-refractivity contribution in [2.75, 3.05) is 31.6 Å². The van der Waals surface area contributed by atoms with Crippen LogP contribution in [0, 0.1) is 5.41 Å². The molecular weight excluding hydrogens is 318 g/mol. The highest BCUT2D eigenvalue weighted by Gasteiger charge is 2.56. The van der Waals surface area contributed by atoms with Gasteiger partial charge >= 0.3 is 0 Å². The van der Waals surface area contributed by atoms with Crippen molar-refractivity contribution in [3.05, 3.63) is 16.6 Å². The van der Waals surface area contributed by atoms with Crippen molar-refractivity contribution in [1.82, 2.24) is 15.2 Å². The average Bonchev–Trinajstić information content (AvgIpc) is 2.91. The van der Waals surface area contributed by atoms with E-state index in [1.165, 1.54) is 25.5 Å². The topological polar surface area (TPSA) is 62.3 Å². The predicted octanol–water partition coefficient (Wildman–Crippen LogP) is 1.52. The van der Waals surface area contributed by atoms with E-state index in [-0.39, 0.29) is 5.75 Å². The van der Waals surface area contributed by atoms with Crippen molar-refractivity contribution in [2.45, 2.75) is 38.3 Å². The first kappa shape index (κ1) is 16.4. The summed E-state index contributed by atoms with van der Waals surface area (Å²) in [5.74, 6) is 0.280. The normalized spacial score (nSPS) is 24.0. The van der Waals surface area contributed by atoms with Crippen LogP contribution in [0.5, 0.6) is 0 Å². The van der Waals surface area contributed by atoms with E-state index in [4.69, 9.17) is 0 Å². The maximum atomic E-state index is 11.4. The Hall–Kier alpha value is -0.500. The molecule has 2 aliphatic rings. The van der Waals surface area contributed by atoms with Crippen molar-refractivity contribution in [3.63, 3.8) is 0 Å². The predicted molar refractivity (Wildman–Crippen MR) is 89.8 cm³/mol. The van der Waals surface area contributed by atoms with Gasteiger partial charge in [-0.1, -0.05) is 0 Å². The van der Waals surface area contributed by atoms with Gasteiger partial charge in [-0.2, -0.15) is 0 Å². The van der Waals surface area contributed by atoms with E-state index < -0.39 is 9.84 Å². The summed E-state index contributed by atoms with van der Waals surface area (Å²) in [5.41, 5.74) is 0.480. The van der Waals surface area contributed by atoms with E-state index in [2.05, 4.69) is 15.2 Å². The second kappa shape index (κ2) is 6.55. The van der Waals surface area contributed by atoms with Crippen LogP contribution in [0.4, 0.5) is 0 Å². The molecule has 7 heteroatoms. The second-order valence-corrected chi connectivity index (χ2v) is 9.95. The SMILES string of the molecule is CS(=O)(=O)CCCN(Cc1nccs1)[C@H]1CC12CCNCC2. The van der Waals surface area contributed by atoms with Gasteiger partial charge in [-0.15, -0.1) is 11.3 Å². The molecule has 1 saturated heterocycles. The highest BCUT2D eigenvalue weighted by molar-refractivity contribution is 7.90. The lowest BCUT2D eigenvalue weighted by Crippen LogP contribution is -2.36. The molecule has 0 radical (unpaired) electrons. The molecule has 0 bridgehead atoms. The molecule has 124 valence electrons. The third-order valence-electron chi connectivity index (χ3n) is 4.97. The monoisotopic (exact) mass is 343 g/mol. The maximum absolute atomic E-state index is 11.4. The van der Waals surface area contributed by atoms with E-state index in [0.717, 1.165) is 37.6 Å². The molecule has 1 aromatic heterocycles. The number of rotatable bonds is 7. The van der Waals surface area contributed by atoms with Gasteiger partial charge < -0.3 is 5.32 Å². The summed E-state index contributed by atoms with van der Waals surface area (Å²) < 4.78 is 22.7. The maximum Gasteiger partial charge on any atom is 0.147 e. The van der Waals surface area contributed by atoms with Crippen LogP contribution in [-0.4, -0.2) is 56.0 Å². The largest absolute Gasteiger partial charge is 0.317 e. The first-order valence-electron chi connectivity index (χ1n) is 7.99. The summed E-state index contributed by atoms with van der Waals surface area (Å²) in [6, 6.07) is 0.609. The Bertz CT molecular complexity index is 580. The number of nitrogens with one attached hydrogen (secondary N) is 1. The average molecular weight is 344 g/mol. The Morgan fingerprint density at radius 3 is 2.86 bits per heavy atom. The first-order chi connectivity index (χ1) is 10.5. The van der Waals surface area contributed by atoms with Gasteiger partial charge in [0.1, 0.15) is 14.8 Å². The number of piperidine rings is 1. The number of nitrogens with zero attached hydrogens (tertiary/aromatic N) is 2. The van der Waals surface area contributed by atoms with Crippen molar-refractivity contribution >= 4 is 21.2 Å². The zero-order valence-corrected chi connectivity index (χ0v) is 14.8. The van der Waals surface area contributed by atoms with Gasteiger partial charge in [-0.05, 0) is 50.7 Å². The fraction of sp³-hybridized carbons (Fsp3) is 0.800. The molecule has 2 heterocycles. The Morgan fingerprint density at radius 2 is 2.23 bits per heavy atom. The van der Waals surface area contributed by atoms with Crippen molar-refractivity contribution in [2.24, 2.45) is 5.41 Å². The molecule has 1 saturated carbocycles. The molecule has 0 aromatic carbocycles. The lowest BCUT2D eigenvalue weighted by molar-refractivity contribution is 0.195. The number of thiazole rings is 1. The molecule has 1 aliphatic carbocycles. The molecule has 1 spiro atoms. The molecule has 22 heavy (non-hydrogen) atoms. The lowest BCUT2D eigenvalue weighted by atomic mass is 9.93. The van der Waals surface area contributed by atoms with Gasteiger partial charge in [0.25, 0.3) is 0 Å². The Morgan fingerprint density at radius 1 is 1.45 bits per heavy atom. The summed E-state index contributed by atoms with van der Waals surface area (Å²) in [4.78, 5) is 6.88. The van der Waals surface area contributed by atoms with Crippen LogP contribution in [0.2, 0.25) is 0 Å². The van der Waals surface area contributed by atoms with Crippen molar-refractivity contribution in [3.8, 4) is 0 Å². The van der Waals surface area contributed by atoms with Crippen LogP contribution in [0.25, 0.3) is 0 Å². The summed E-state index contributed by atoms with van der Waals surface area (Å²) in [7, 11) is -2.87. The fourth-order valence-electron chi connectivity index (χ4n) is 3.68. The molecule has 1 atom stereocenters. The fourth-order valence-corrected chi connectivity index (χ4v) is 4.98. The Labute approximate surface area is 137 Å². The van der Waals surface area contributed by atoms with Crippen LogP contribution < -0.4 is 5.32 Å². The zero-order valence-electron chi connectivity index (χ0n) is 13.1. The quantitative estimate of drug-likeness (QED) is 0.813. The minimum absolute atomic E-state index is 0.280. The number of hydrogen-bond donors (Lipinski definition) is 1. The van der Waals surface area contributed by atoms with Crippen molar-refractivity contribution < 1.29 is 8.42 Å². The standard InChI is InChI=1S/C15H25N3O2S2/c1-22(19,20)10-2-8-18(12-14-17-7-9-21-14)13-11-15(13)3-5-16-6-4-15/h7,9,13,16H,2-6,8,10-12H2,1H3/t13-/m0/s1. The number of aromatic nitrogens is 1. The molecule has 1 aliphatic heterocycles. The van der Waals surface area contributed by atoms with E-state index in [9.17, 15) is 8.42 Å². The Balaban J connectivity index is 1.61. The zero-order chi connectivity index (χ0) is 15.6. The molecule has 1 N–H and O–H groups in total. The van der Waals surface area contributed by atoms with Gasteiger partial charge in [0, 0.05) is 23.9 Å². The van der Waals surface area contributed by atoms with E-state index in [1.807, 2.05) is 11.6 Å². The van der Waals surface area contributed by atoms with Gasteiger partial charge in [0.2, 0.25) is 0 Å². The summed E-state index contributed by atoms with van der Waals surface area (Å²) in [6.07, 6.45) is 7.65. The van der Waals surface area contributed by atoms with Crippen LogP contribution in [-0.2, 0) is 16.4 Å². The van der Waals surface area contributed by atoms with E-state index >= 15 is 0 Å². The molecule has 5 nitrogen and oxygen atoms in total. The molecule has 3 rings (SSSR count). The minimum Gasteiger partial charge on any atom is -0.317 e. The first-order valence-corrected chi connectivity index (χ1v) is 10.9. The Kier molecular flexibility index (Phi) is 4.87. The lowest BCUT2D eigenvalue weighted by Gasteiger charge is -2.29. The van der Waals surface area contributed by atoms with Crippen molar-refractivity contribution in [1.29, 1.82) is 0 Å². The molecule has 0 unspecified atom stereocenters. The third kappa shape index (κ3) is 4.07. The van der Waals surface area contributed by atoms with E-state index in [0.29, 0.717) is 11.5 Å². The van der Waals surface area contributed by atoms with Crippen LogP contribution in [0.1, 0.15) is 30.7 Å². The van der Waals surface area contributed by atoms with Gasteiger partial charge in [-0.3, -0.25) is 4.90 Å². The van der Waals surface area contributed by atoms with Gasteiger partial charge in [-0.25, -0.2) is 13.4 Å². The van der Waals surface area contributed by atoms with E-state index in [1.54, 1.807) is 11.3 Å². The number of hydrogen-bond acceptors (Lipinski definition) is 6. The highest BCUT2D eigenvalue weighted by atomic mass is 32.2. The smallest absolute Gasteiger partial charge is 0.147 e. The molecular formula is C15H25N3O2S2. The number of sulfone groups is 1. The minimum atomic E-state index is -2.87. The third-order valence-corrected chi connectivity index (χ3v) is 6.76. The summed E-state index contributed by atoms with van der Waals surface area (Å²) in [5, 5.41) is 6.59. The van der Waals surface area contributed by atoms with Crippen LogP contribution in [0.15, 0.2) is 11.6 Å². The van der Waals surface area contributed by atoms with Gasteiger partial charge in [0.15, 0.2) is 0 Å². The molecule has 2 fully saturated rings. The van der Waals surface area contributed by atoms with Gasteiger partial charge in [0.05, 0.1) is 12.3 Å². The summed E-state index contributed by atoms with van der Waals surface area (Å²) in [6.45, 7) is 3.95. The molecule has 0 amide bonds. The van der Waals surface area contributed by atoms with Crippen LogP contribution in [0.3, 0.4) is 0 Å². The summed E-state index contributed by atoms with van der Waals surface area (Å²) >= 11 is 1.69. The highest BCUT2D eigenvalue weighted by Crippen LogP contribution is 2.56. The van der Waals surface area contributed by atoms with Crippen LogP contribution >= 0.6 is 11.3 Å².